The minimum atomic E-state index is 0.0114. The number of aromatic nitrogens is 2. The number of hydrogen-bond acceptors (Lipinski definition) is 3. The summed E-state index contributed by atoms with van der Waals surface area (Å²) in [6.07, 6.45) is 1.93. The molecule has 0 fully saturated rings. The molecule has 0 bridgehead atoms. The Hall–Kier alpha value is -1.94. The van der Waals surface area contributed by atoms with Gasteiger partial charge in [0.15, 0.2) is 0 Å². The summed E-state index contributed by atoms with van der Waals surface area (Å²) in [6, 6.07) is 12.3. The molecular weight excluding hydrogens is 274 g/mol. The van der Waals surface area contributed by atoms with Gasteiger partial charge in [-0.3, -0.25) is 4.79 Å². The second-order valence-corrected chi connectivity index (χ2v) is 5.64. The number of nitrogens with one attached hydrogen (secondary N) is 1. The van der Waals surface area contributed by atoms with Gasteiger partial charge in [0.05, 0.1) is 5.69 Å². The Balaban J connectivity index is 2.39. The lowest BCUT2D eigenvalue weighted by molar-refractivity contribution is 0.518. The summed E-state index contributed by atoms with van der Waals surface area (Å²) in [4.78, 5) is 12.5. The number of rotatable bonds is 7. The molecule has 0 amide bonds. The first-order chi connectivity index (χ1) is 10.7. The predicted octanol–water partition coefficient (Wildman–Crippen LogP) is 3.21. The number of benzene rings is 1. The fourth-order valence-electron chi connectivity index (χ4n) is 2.27. The van der Waals surface area contributed by atoms with Crippen molar-refractivity contribution in [3.8, 4) is 11.3 Å². The van der Waals surface area contributed by atoms with Crippen LogP contribution in [0.3, 0.4) is 0 Å². The fourth-order valence-corrected chi connectivity index (χ4v) is 2.27. The molecule has 0 saturated carbocycles. The number of hydrogen-bond donors (Lipinski definition) is 1. The van der Waals surface area contributed by atoms with Gasteiger partial charge in [-0.05, 0) is 25.8 Å². The zero-order valence-corrected chi connectivity index (χ0v) is 13.7. The zero-order chi connectivity index (χ0) is 15.9. The lowest BCUT2D eigenvalue weighted by Gasteiger charge is -2.13. The summed E-state index contributed by atoms with van der Waals surface area (Å²) < 4.78 is 1.59. The van der Waals surface area contributed by atoms with Gasteiger partial charge in [0.25, 0.3) is 5.56 Å². The van der Waals surface area contributed by atoms with Crippen LogP contribution in [0.25, 0.3) is 11.3 Å². The second kappa shape index (κ2) is 7.90. The van der Waals surface area contributed by atoms with E-state index < -0.39 is 0 Å². The van der Waals surface area contributed by atoms with Crippen molar-refractivity contribution in [2.75, 3.05) is 0 Å². The molecule has 118 valence electrons. The Morgan fingerprint density at radius 3 is 2.59 bits per heavy atom. The van der Waals surface area contributed by atoms with Crippen LogP contribution in [0.15, 0.2) is 41.2 Å². The molecule has 22 heavy (non-hydrogen) atoms. The van der Waals surface area contributed by atoms with Gasteiger partial charge < -0.3 is 5.32 Å². The number of nitrogens with zero attached hydrogens (tertiary/aromatic N) is 2. The van der Waals surface area contributed by atoms with E-state index in [1.165, 1.54) is 0 Å². The lowest BCUT2D eigenvalue weighted by atomic mass is 10.1. The summed E-state index contributed by atoms with van der Waals surface area (Å²) in [5.41, 5.74) is 2.69. The van der Waals surface area contributed by atoms with Gasteiger partial charge in [-0.2, -0.15) is 5.10 Å². The van der Waals surface area contributed by atoms with Crippen LogP contribution in [-0.4, -0.2) is 15.8 Å². The molecular formula is C18H25N3O. The average Bonchev–Trinajstić information content (AvgIpc) is 2.56. The Labute approximate surface area is 132 Å². The molecule has 1 heterocycles. The Bertz CT molecular complexity index is 649. The summed E-state index contributed by atoms with van der Waals surface area (Å²) in [5, 5.41) is 7.91. The molecule has 0 radical (unpaired) electrons. The van der Waals surface area contributed by atoms with Crippen molar-refractivity contribution < 1.29 is 0 Å². The van der Waals surface area contributed by atoms with E-state index in [1.54, 1.807) is 4.68 Å². The Morgan fingerprint density at radius 2 is 1.95 bits per heavy atom. The Kier molecular flexibility index (Phi) is 5.90. The Morgan fingerprint density at radius 1 is 1.23 bits per heavy atom. The molecule has 0 aliphatic rings. The molecule has 1 aromatic heterocycles. The van der Waals surface area contributed by atoms with Crippen LogP contribution in [0.1, 0.15) is 39.2 Å². The third kappa shape index (κ3) is 4.04. The topological polar surface area (TPSA) is 46.9 Å². The highest BCUT2D eigenvalue weighted by atomic mass is 16.1. The standard InChI is InChI=1S/C18H25N3O/c1-4-11-21-18(22)16(13-19-14(3)5-2)12-17(20-21)15-9-7-6-8-10-15/h6-10,12,14,19H,4-5,11,13H2,1-3H3. The molecule has 4 heteroatoms. The average molecular weight is 299 g/mol. The molecule has 2 aromatic rings. The molecule has 2 rings (SSSR count). The molecule has 1 unspecified atom stereocenters. The minimum Gasteiger partial charge on any atom is -0.310 e. The maximum atomic E-state index is 12.5. The van der Waals surface area contributed by atoms with Gasteiger partial charge in [-0.25, -0.2) is 4.68 Å². The van der Waals surface area contributed by atoms with Crippen molar-refractivity contribution in [2.45, 2.75) is 52.7 Å². The maximum absolute atomic E-state index is 12.5. The third-order valence-corrected chi connectivity index (χ3v) is 3.81. The van der Waals surface area contributed by atoms with Gasteiger partial charge in [-0.15, -0.1) is 0 Å². The van der Waals surface area contributed by atoms with Crippen molar-refractivity contribution >= 4 is 0 Å². The van der Waals surface area contributed by atoms with Crippen molar-refractivity contribution in [3.63, 3.8) is 0 Å². The highest BCUT2D eigenvalue weighted by Gasteiger charge is 2.10. The summed E-state index contributed by atoms with van der Waals surface area (Å²) in [6.45, 7) is 7.55. The predicted molar refractivity (Wildman–Crippen MR) is 90.8 cm³/mol. The third-order valence-electron chi connectivity index (χ3n) is 3.81. The zero-order valence-electron chi connectivity index (χ0n) is 13.7. The van der Waals surface area contributed by atoms with E-state index in [2.05, 4.69) is 31.2 Å². The number of aryl methyl sites for hydroxylation is 1. The molecule has 4 nitrogen and oxygen atoms in total. The first-order valence-corrected chi connectivity index (χ1v) is 8.05. The van der Waals surface area contributed by atoms with E-state index >= 15 is 0 Å². The quantitative estimate of drug-likeness (QED) is 0.854. The van der Waals surface area contributed by atoms with Crippen LogP contribution < -0.4 is 10.9 Å². The molecule has 1 atom stereocenters. The monoisotopic (exact) mass is 299 g/mol. The first-order valence-electron chi connectivity index (χ1n) is 8.05. The van der Waals surface area contributed by atoms with Crippen molar-refractivity contribution in [1.29, 1.82) is 0 Å². The van der Waals surface area contributed by atoms with E-state index in [1.807, 2.05) is 36.4 Å². The maximum Gasteiger partial charge on any atom is 0.271 e. The highest BCUT2D eigenvalue weighted by molar-refractivity contribution is 5.58. The van der Waals surface area contributed by atoms with Crippen molar-refractivity contribution in [3.05, 3.63) is 52.3 Å². The molecule has 0 aliphatic carbocycles. The molecule has 0 spiro atoms. The fraction of sp³-hybridized carbons (Fsp3) is 0.444. The summed E-state index contributed by atoms with van der Waals surface area (Å²) >= 11 is 0. The van der Waals surface area contributed by atoms with E-state index in [4.69, 9.17) is 0 Å². The van der Waals surface area contributed by atoms with Crippen LogP contribution in [0.5, 0.6) is 0 Å². The van der Waals surface area contributed by atoms with Gasteiger partial charge in [0, 0.05) is 30.3 Å². The molecule has 1 aromatic carbocycles. The van der Waals surface area contributed by atoms with E-state index in [0.717, 1.165) is 29.7 Å². The van der Waals surface area contributed by atoms with Gasteiger partial charge in [0.2, 0.25) is 0 Å². The lowest BCUT2D eigenvalue weighted by Crippen LogP contribution is -2.32. The van der Waals surface area contributed by atoms with Crippen LogP contribution in [0.2, 0.25) is 0 Å². The SMILES string of the molecule is CCCn1nc(-c2ccccc2)cc(CNC(C)CC)c1=O. The van der Waals surface area contributed by atoms with Crippen LogP contribution >= 0.6 is 0 Å². The highest BCUT2D eigenvalue weighted by Crippen LogP contribution is 2.16. The van der Waals surface area contributed by atoms with E-state index in [-0.39, 0.29) is 5.56 Å². The first kappa shape index (κ1) is 16.4. The van der Waals surface area contributed by atoms with Gasteiger partial charge in [0.1, 0.15) is 0 Å². The molecule has 0 aliphatic heterocycles. The summed E-state index contributed by atoms with van der Waals surface area (Å²) in [7, 11) is 0. The van der Waals surface area contributed by atoms with Gasteiger partial charge >= 0.3 is 0 Å². The van der Waals surface area contributed by atoms with Crippen LogP contribution in [0, 0.1) is 0 Å². The van der Waals surface area contributed by atoms with Crippen molar-refractivity contribution in [1.82, 2.24) is 15.1 Å². The minimum absolute atomic E-state index is 0.0114. The second-order valence-electron chi connectivity index (χ2n) is 5.64. The van der Waals surface area contributed by atoms with Gasteiger partial charge in [-0.1, -0.05) is 44.2 Å². The van der Waals surface area contributed by atoms with Crippen molar-refractivity contribution in [2.24, 2.45) is 0 Å². The van der Waals surface area contributed by atoms with E-state index in [9.17, 15) is 4.79 Å². The smallest absolute Gasteiger partial charge is 0.271 e. The van der Waals surface area contributed by atoms with Crippen LogP contribution in [0.4, 0.5) is 0 Å². The largest absolute Gasteiger partial charge is 0.310 e. The normalized spacial score (nSPS) is 12.3. The van der Waals surface area contributed by atoms with E-state index in [0.29, 0.717) is 19.1 Å². The molecule has 1 N–H and O–H groups in total. The molecule has 0 saturated heterocycles. The van der Waals surface area contributed by atoms with Crippen LogP contribution in [-0.2, 0) is 13.1 Å². The summed E-state index contributed by atoms with van der Waals surface area (Å²) in [5.74, 6) is 0.